The fourth-order valence-corrected chi connectivity index (χ4v) is 2.29. The SMILES string of the molecule is CC.Cc1nc(Cc2nc(-c3ccccc3)no2)cs1. The largest absolute Gasteiger partial charge is 0.339 e. The van der Waals surface area contributed by atoms with E-state index in [2.05, 4.69) is 15.1 Å². The monoisotopic (exact) mass is 287 g/mol. The lowest BCUT2D eigenvalue weighted by molar-refractivity contribution is 0.385. The van der Waals surface area contributed by atoms with Crippen LogP contribution >= 0.6 is 11.3 Å². The highest BCUT2D eigenvalue weighted by Crippen LogP contribution is 2.17. The van der Waals surface area contributed by atoms with E-state index in [1.54, 1.807) is 11.3 Å². The molecule has 0 unspecified atom stereocenters. The Hall–Kier alpha value is -2.01. The molecule has 0 saturated heterocycles. The van der Waals surface area contributed by atoms with E-state index in [1.165, 1.54) is 0 Å². The molecule has 0 aliphatic carbocycles. The number of hydrogen-bond acceptors (Lipinski definition) is 5. The van der Waals surface area contributed by atoms with Crippen LogP contribution in [0, 0.1) is 6.92 Å². The summed E-state index contributed by atoms with van der Waals surface area (Å²) < 4.78 is 5.24. The normalized spacial score (nSPS) is 9.95. The number of benzene rings is 1. The van der Waals surface area contributed by atoms with Gasteiger partial charge in [0.2, 0.25) is 11.7 Å². The zero-order valence-electron chi connectivity index (χ0n) is 11.8. The number of thiazole rings is 1. The fourth-order valence-electron chi connectivity index (χ4n) is 1.68. The van der Waals surface area contributed by atoms with Crippen LogP contribution in [0.15, 0.2) is 40.2 Å². The van der Waals surface area contributed by atoms with Gasteiger partial charge in [0.25, 0.3) is 0 Å². The maximum absolute atomic E-state index is 5.24. The van der Waals surface area contributed by atoms with Gasteiger partial charge in [-0.2, -0.15) is 4.98 Å². The van der Waals surface area contributed by atoms with Crippen LogP contribution < -0.4 is 0 Å². The zero-order chi connectivity index (χ0) is 14.4. The van der Waals surface area contributed by atoms with Crippen LogP contribution in [-0.2, 0) is 6.42 Å². The van der Waals surface area contributed by atoms with Crippen molar-refractivity contribution in [3.05, 3.63) is 52.3 Å². The fraction of sp³-hybridized carbons (Fsp3) is 0.267. The third kappa shape index (κ3) is 3.51. The molecule has 2 aromatic heterocycles. The molecular weight excluding hydrogens is 270 g/mol. The maximum atomic E-state index is 5.24. The Morgan fingerprint density at radius 1 is 1.10 bits per heavy atom. The maximum Gasteiger partial charge on any atom is 0.233 e. The average molecular weight is 287 g/mol. The van der Waals surface area contributed by atoms with Crippen molar-refractivity contribution < 1.29 is 4.52 Å². The molecule has 0 aliphatic rings. The molecule has 0 atom stereocenters. The molecule has 0 radical (unpaired) electrons. The summed E-state index contributed by atoms with van der Waals surface area (Å²) in [4.78, 5) is 8.75. The van der Waals surface area contributed by atoms with Crippen molar-refractivity contribution in [1.82, 2.24) is 15.1 Å². The lowest BCUT2D eigenvalue weighted by atomic mass is 10.2. The summed E-state index contributed by atoms with van der Waals surface area (Å²) in [6.45, 7) is 5.98. The Bertz CT molecular complexity index is 646. The van der Waals surface area contributed by atoms with Crippen LogP contribution in [0.5, 0.6) is 0 Å². The first kappa shape index (κ1) is 14.4. The lowest BCUT2D eigenvalue weighted by Crippen LogP contribution is -1.89. The van der Waals surface area contributed by atoms with Gasteiger partial charge in [0.1, 0.15) is 0 Å². The smallest absolute Gasteiger partial charge is 0.233 e. The number of nitrogens with zero attached hydrogens (tertiary/aromatic N) is 3. The molecule has 0 saturated carbocycles. The topological polar surface area (TPSA) is 51.8 Å². The number of aromatic nitrogens is 3. The summed E-state index contributed by atoms with van der Waals surface area (Å²) in [5, 5.41) is 7.04. The van der Waals surface area contributed by atoms with Gasteiger partial charge < -0.3 is 4.52 Å². The van der Waals surface area contributed by atoms with Crippen LogP contribution in [0.3, 0.4) is 0 Å². The Balaban J connectivity index is 0.000000704. The second-order valence-corrected chi connectivity index (χ2v) is 4.97. The minimum absolute atomic E-state index is 0.587. The highest BCUT2D eigenvalue weighted by Gasteiger charge is 2.10. The van der Waals surface area contributed by atoms with Crippen LogP contribution in [0.25, 0.3) is 11.4 Å². The molecule has 4 nitrogen and oxygen atoms in total. The molecule has 0 bridgehead atoms. The van der Waals surface area contributed by atoms with E-state index in [0.717, 1.165) is 16.3 Å². The van der Waals surface area contributed by atoms with Crippen molar-refractivity contribution in [3.63, 3.8) is 0 Å². The van der Waals surface area contributed by atoms with Gasteiger partial charge in [0.15, 0.2) is 0 Å². The van der Waals surface area contributed by atoms with Crippen LogP contribution in [0.4, 0.5) is 0 Å². The highest BCUT2D eigenvalue weighted by molar-refractivity contribution is 7.09. The second kappa shape index (κ2) is 6.96. The van der Waals surface area contributed by atoms with Gasteiger partial charge in [0.05, 0.1) is 17.1 Å². The Morgan fingerprint density at radius 2 is 1.85 bits per heavy atom. The van der Waals surface area contributed by atoms with E-state index < -0.39 is 0 Å². The van der Waals surface area contributed by atoms with Crippen molar-refractivity contribution >= 4 is 11.3 Å². The highest BCUT2D eigenvalue weighted by atomic mass is 32.1. The molecule has 0 N–H and O–H groups in total. The second-order valence-electron chi connectivity index (χ2n) is 3.91. The van der Waals surface area contributed by atoms with E-state index >= 15 is 0 Å². The summed E-state index contributed by atoms with van der Waals surface area (Å²) in [6, 6.07) is 9.79. The summed E-state index contributed by atoms with van der Waals surface area (Å²) >= 11 is 1.63. The molecule has 3 aromatic rings. The van der Waals surface area contributed by atoms with Gasteiger partial charge in [0, 0.05) is 10.9 Å². The first-order valence-corrected chi connectivity index (χ1v) is 7.48. The molecule has 2 heterocycles. The van der Waals surface area contributed by atoms with Crippen LogP contribution in [-0.4, -0.2) is 15.1 Å². The number of hydrogen-bond donors (Lipinski definition) is 0. The molecule has 104 valence electrons. The van der Waals surface area contributed by atoms with Crippen LogP contribution in [0.2, 0.25) is 0 Å². The lowest BCUT2D eigenvalue weighted by Gasteiger charge is -1.90. The quantitative estimate of drug-likeness (QED) is 0.727. The molecule has 0 amide bonds. The predicted octanol–water partition coefficient (Wildman–Crippen LogP) is 4.12. The van der Waals surface area contributed by atoms with Crippen molar-refractivity contribution in [2.45, 2.75) is 27.2 Å². The minimum atomic E-state index is 0.587. The van der Waals surface area contributed by atoms with E-state index in [4.69, 9.17) is 4.52 Å². The molecule has 0 spiro atoms. The standard InChI is InChI=1S/C13H11N3OS.C2H6/c1-9-14-11(8-18-9)7-12-15-13(16-17-12)10-5-3-2-4-6-10;1-2/h2-6,8H,7H2,1H3;1-2H3. The summed E-state index contributed by atoms with van der Waals surface area (Å²) in [7, 11) is 0. The van der Waals surface area contributed by atoms with Gasteiger partial charge in [-0.1, -0.05) is 49.3 Å². The summed E-state index contributed by atoms with van der Waals surface area (Å²) in [6.07, 6.45) is 0.587. The third-order valence-electron chi connectivity index (χ3n) is 2.50. The first-order valence-electron chi connectivity index (χ1n) is 6.60. The van der Waals surface area contributed by atoms with E-state index in [9.17, 15) is 0 Å². The Labute approximate surface area is 122 Å². The Morgan fingerprint density at radius 3 is 2.50 bits per heavy atom. The van der Waals surface area contributed by atoms with Gasteiger partial charge >= 0.3 is 0 Å². The van der Waals surface area contributed by atoms with Gasteiger partial charge in [-0.3, -0.25) is 0 Å². The first-order chi connectivity index (χ1) is 9.81. The predicted molar refractivity (Wildman–Crippen MR) is 80.7 cm³/mol. The van der Waals surface area contributed by atoms with Crippen LogP contribution in [0.1, 0.15) is 30.4 Å². The van der Waals surface area contributed by atoms with E-state index in [1.807, 2.05) is 56.5 Å². The van der Waals surface area contributed by atoms with E-state index in [-0.39, 0.29) is 0 Å². The van der Waals surface area contributed by atoms with Gasteiger partial charge in [-0.25, -0.2) is 4.98 Å². The molecule has 20 heavy (non-hydrogen) atoms. The van der Waals surface area contributed by atoms with Gasteiger partial charge in [-0.15, -0.1) is 11.3 Å². The van der Waals surface area contributed by atoms with Crippen molar-refractivity contribution in [1.29, 1.82) is 0 Å². The number of rotatable bonds is 3. The summed E-state index contributed by atoms with van der Waals surface area (Å²) in [5.41, 5.74) is 1.93. The van der Waals surface area contributed by atoms with Crippen molar-refractivity contribution in [2.75, 3.05) is 0 Å². The van der Waals surface area contributed by atoms with Gasteiger partial charge in [-0.05, 0) is 6.92 Å². The summed E-state index contributed by atoms with van der Waals surface area (Å²) in [5.74, 6) is 1.22. The molecule has 5 heteroatoms. The zero-order valence-corrected chi connectivity index (χ0v) is 12.6. The molecule has 3 rings (SSSR count). The molecule has 0 aliphatic heterocycles. The number of aryl methyl sites for hydroxylation is 1. The molecule has 0 fully saturated rings. The van der Waals surface area contributed by atoms with Crippen molar-refractivity contribution in [2.24, 2.45) is 0 Å². The molecule has 1 aromatic carbocycles. The molecular formula is C15H17N3OS. The third-order valence-corrected chi connectivity index (χ3v) is 3.32. The average Bonchev–Trinajstić information content (AvgIpc) is 3.12. The van der Waals surface area contributed by atoms with E-state index in [0.29, 0.717) is 18.1 Å². The Kier molecular flexibility index (Phi) is 5.01. The minimum Gasteiger partial charge on any atom is -0.339 e. The van der Waals surface area contributed by atoms with Crippen molar-refractivity contribution in [3.8, 4) is 11.4 Å².